The van der Waals surface area contributed by atoms with Gasteiger partial charge in [-0.05, 0) is 0 Å². The molecule has 2 aliphatic rings. The van der Waals surface area contributed by atoms with Gasteiger partial charge in [0.05, 0.1) is 6.42 Å². The lowest BCUT2D eigenvalue weighted by Crippen LogP contribution is -2.60. The van der Waals surface area contributed by atoms with Crippen LogP contribution in [-0.2, 0) is 0 Å². The fraction of sp³-hybridized carbons (Fsp3) is 1.00. The number of rotatable bonds is 0. The van der Waals surface area contributed by atoms with E-state index in [1.807, 2.05) is 0 Å². The van der Waals surface area contributed by atoms with E-state index < -0.39 is 41.6 Å². The quantitative estimate of drug-likeness (QED) is 0.658. The molecule has 2 fully saturated rings. The highest BCUT2D eigenvalue weighted by atomic mass is 19.3. The van der Waals surface area contributed by atoms with Crippen LogP contribution in [0.1, 0.15) is 6.42 Å². The number of alkyl halides is 8. The Hall–Kier alpha value is -0.600. The lowest BCUT2D eigenvalue weighted by atomic mass is 9.87. The van der Waals surface area contributed by atoms with E-state index in [1.54, 1.807) is 0 Å². The third-order valence-electron chi connectivity index (χ3n) is 3.20. The summed E-state index contributed by atoms with van der Waals surface area (Å²) in [6.07, 6.45) is -6.74. The molecule has 1 N–H and O–H groups in total. The van der Waals surface area contributed by atoms with Crippen LogP contribution in [0.2, 0.25) is 0 Å². The number of aliphatic hydroxyl groups is 1. The monoisotopic (exact) mass is 256 g/mol. The first-order valence-electron chi connectivity index (χ1n) is 4.05. The summed E-state index contributed by atoms with van der Waals surface area (Å²) in [6, 6.07) is 0. The topological polar surface area (TPSA) is 20.2 Å². The van der Waals surface area contributed by atoms with Crippen LogP contribution >= 0.6 is 0 Å². The minimum atomic E-state index is -5.65. The molecule has 0 aliphatic heterocycles. The summed E-state index contributed by atoms with van der Waals surface area (Å²) in [7, 11) is 0. The molecule has 9 heteroatoms. The number of aliphatic hydroxyl groups excluding tert-OH is 1. The van der Waals surface area contributed by atoms with Gasteiger partial charge in [-0.25, -0.2) is 17.6 Å². The lowest BCUT2D eigenvalue weighted by Gasteiger charge is -2.35. The number of fused-ring (bicyclic) bond motifs is 2. The van der Waals surface area contributed by atoms with Crippen LogP contribution in [0.4, 0.5) is 35.1 Å². The molecule has 0 saturated heterocycles. The van der Waals surface area contributed by atoms with E-state index in [9.17, 15) is 35.1 Å². The van der Waals surface area contributed by atoms with Crippen LogP contribution < -0.4 is 0 Å². The average molecular weight is 256 g/mol. The number of hydrogen-bond acceptors (Lipinski definition) is 1. The minimum absolute atomic E-state index is 2.66. The van der Waals surface area contributed by atoms with Crippen molar-refractivity contribution >= 4 is 0 Å². The second kappa shape index (κ2) is 2.32. The summed E-state index contributed by atoms with van der Waals surface area (Å²) in [5.41, 5.74) is -10.4. The van der Waals surface area contributed by atoms with E-state index in [2.05, 4.69) is 0 Å². The second-order valence-electron chi connectivity index (χ2n) is 3.99. The summed E-state index contributed by atoms with van der Waals surface area (Å²) in [6.45, 7) is 0. The largest absolute Gasteiger partial charge is 0.383 e. The third kappa shape index (κ3) is 0.723. The van der Waals surface area contributed by atoms with Gasteiger partial charge in [0.1, 0.15) is 0 Å². The van der Waals surface area contributed by atoms with Crippen LogP contribution in [0, 0.1) is 0 Å². The average Bonchev–Trinajstić information content (AvgIpc) is 2.25. The maximum Gasteiger partial charge on any atom is 0.329 e. The van der Waals surface area contributed by atoms with E-state index in [-0.39, 0.29) is 0 Å². The summed E-state index contributed by atoms with van der Waals surface area (Å²) >= 11 is 0. The predicted molar refractivity (Wildman–Crippen MR) is 33.1 cm³/mol. The number of halogens is 8. The van der Waals surface area contributed by atoms with Crippen molar-refractivity contribution in [3.8, 4) is 0 Å². The van der Waals surface area contributed by atoms with Crippen LogP contribution in [0.3, 0.4) is 0 Å². The highest BCUT2D eigenvalue weighted by molar-refractivity contribution is 5.37. The molecule has 0 aromatic carbocycles. The SMILES string of the molecule is OC1C(F)(F)C2(F)CC(F)(F)C1(F)C2(F)F. The molecular weight excluding hydrogens is 252 g/mol. The van der Waals surface area contributed by atoms with Crippen molar-refractivity contribution in [3.05, 3.63) is 0 Å². The van der Waals surface area contributed by atoms with Crippen molar-refractivity contribution in [1.82, 2.24) is 0 Å². The van der Waals surface area contributed by atoms with Gasteiger partial charge in [0.15, 0.2) is 6.10 Å². The smallest absolute Gasteiger partial charge is 0.329 e. The van der Waals surface area contributed by atoms with Crippen molar-refractivity contribution in [2.24, 2.45) is 0 Å². The molecule has 1 nitrogen and oxygen atoms in total. The van der Waals surface area contributed by atoms with Crippen LogP contribution in [0.15, 0.2) is 0 Å². The van der Waals surface area contributed by atoms with Crippen molar-refractivity contribution < 1.29 is 40.2 Å². The molecule has 2 saturated carbocycles. The van der Waals surface area contributed by atoms with Gasteiger partial charge in [-0.15, -0.1) is 0 Å². The van der Waals surface area contributed by atoms with Gasteiger partial charge < -0.3 is 5.11 Å². The van der Waals surface area contributed by atoms with Crippen LogP contribution in [0.25, 0.3) is 0 Å². The highest BCUT2D eigenvalue weighted by Crippen LogP contribution is 2.74. The standard InChI is InChI=1S/C7H4F8O/c8-3-1-4(9,10)5(11,7(3,14)15)2(16)6(3,12)13/h2,16H,1H2. The molecule has 94 valence electrons. The molecule has 0 aromatic rings. The van der Waals surface area contributed by atoms with E-state index in [0.29, 0.717) is 0 Å². The Bertz CT molecular complexity index is 354. The van der Waals surface area contributed by atoms with Gasteiger partial charge in [-0.1, -0.05) is 0 Å². The molecule has 3 unspecified atom stereocenters. The molecule has 2 aliphatic carbocycles. The van der Waals surface area contributed by atoms with Gasteiger partial charge in [0, 0.05) is 0 Å². The molecule has 2 bridgehead atoms. The first-order valence-corrected chi connectivity index (χ1v) is 4.05. The minimum Gasteiger partial charge on any atom is -0.383 e. The zero-order chi connectivity index (χ0) is 12.8. The van der Waals surface area contributed by atoms with Crippen molar-refractivity contribution in [2.45, 2.75) is 41.6 Å². The summed E-state index contributed by atoms with van der Waals surface area (Å²) in [5, 5.41) is 8.52. The second-order valence-corrected chi connectivity index (χ2v) is 3.99. The molecule has 0 heterocycles. The molecule has 0 spiro atoms. The Morgan fingerprint density at radius 3 is 1.56 bits per heavy atom. The lowest BCUT2D eigenvalue weighted by molar-refractivity contribution is -0.263. The van der Waals surface area contributed by atoms with Gasteiger partial charge >= 0.3 is 11.8 Å². The third-order valence-corrected chi connectivity index (χ3v) is 3.20. The van der Waals surface area contributed by atoms with Gasteiger partial charge in [-0.3, -0.25) is 0 Å². The van der Waals surface area contributed by atoms with E-state index >= 15 is 0 Å². The first kappa shape index (κ1) is 11.9. The molecule has 0 amide bonds. The molecule has 2 rings (SSSR count). The maximum atomic E-state index is 13.3. The summed E-state index contributed by atoms with van der Waals surface area (Å²) in [5.74, 6) is -16.0. The van der Waals surface area contributed by atoms with Gasteiger partial charge in [0.25, 0.3) is 11.6 Å². The Kier molecular flexibility index (Phi) is 1.72. The molecule has 0 aromatic heterocycles. The Labute approximate surface area is 83.0 Å². The van der Waals surface area contributed by atoms with E-state index in [4.69, 9.17) is 5.11 Å². The van der Waals surface area contributed by atoms with Crippen molar-refractivity contribution in [3.63, 3.8) is 0 Å². The predicted octanol–water partition coefficient (Wildman–Crippen LogP) is 2.09. The van der Waals surface area contributed by atoms with Crippen LogP contribution in [0.5, 0.6) is 0 Å². The zero-order valence-corrected chi connectivity index (χ0v) is 7.26. The van der Waals surface area contributed by atoms with Crippen molar-refractivity contribution in [2.75, 3.05) is 0 Å². The Balaban J connectivity index is 2.73. The molecule has 0 radical (unpaired) electrons. The molecule has 3 atom stereocenters. The fourth-order valence-corrected chi connectivity index (χ4v) is 2.23. The Morgan fingerprint density at radius 2 is 1.31 bits per heavy atom. The van der Waals surface area contributed by atoms with Crippen LogP contribution in [-0.4, -0.2) is 40.3 Å². The fourth-order valence-electron chi connectivity index (χ4n) is 2.23. The Morgan fingerprint density at radius 1 is 0.875 bits per heavy atom. The van der Waals surface area contributed by atoms with E-state index in [1.165, 1.54) is 0 Å². The summed E-state index contributed by atoms with van der Waals surface area (Å²) < 4.78 is 104. The first-order chi connectivity index (χ1) is 6.86. The maximum absolute atomic E-state index is 13.3. The number of hydrogen-bond donors (Lipinski definition) is 1. The normalized spacial score (nSPS) is 51.9. The highest BCUT2D eigenvalue weighted by Gasteiger charge is 3.01. The molecule has 16 heavy (non-hydrogen) atoms. The van der Waals surface area contributed by atoms with Gasteiger partial charge in [0.2, 0.25) is 5.67 Å². The summed E-state index contributed by atoms with van der Waals surface area (Å²) in [4.78, 5) is 0. The van der Waals surface area contributed by atoms with Gasteiger partial charge in [-0.2, -0.15) is 17.6 Å². The van der Waals surface area contributed by atoms with E-state index in [0.717, 1.165) is 0 Å². The van der Waals surface area contributed by atoms with Crippen molar-refractivity contribution in [1.29, 1.82) is 0 Å². The zero-order valence-electron chi connectivity index (χ0n) is 7.26. The molecular formula is C7H4F8O.